The van der Waals surface area contributed by atoms with E-state index in [9.17, 15) is 0 Å². The van der Waals surface area contributed by atoms with E-state index >= 15 is 0 Å². The molecule has 6 rings (SSSR count). The average molecular weight is 454 g/mol. The summed E-state index contributed by atoms with van der Waals surface area (Å²) in [5.41, 5.74) is 4.66. The highest BCUT2D eigenvalue weighted by atomic mass is 16.5. The lowest BCUT2D eigenvalue weighted by Crippen LogP contribution is -2.37. The number of aryl methyl sites for hydroxylation is 1. The van der Waals surface area contributed by atoms with Crippen molar-refractivity contribution in [3.8, 4) is 22.6 Å². The number of aromatic nitrogens is 6. The molecule has 0 saturated carbocycles. The lowest BCUT2D eigenvalue weighted by Gasteiger charge is -2.27. The second-order valence-electron chi connectivity index (χ2n) is 8.04. The number of benzene rings is 2. The standard InChI is InChI=1S/C24H22N8O2/c1-31-21-12-17(2-3-18(21)14-26-31)20-13-22(29-24(28-20)32-8-10-33-11-9-32)27-19-6-4-16(5-7-19)23-25-15-34-30-23/h2-7,12-15H,8-11H2,1H3,(H,27,28,29). The second-order valence-corrected chi connectivity index (χ2v) is 8.04. The minimum Gasteiger partial charge on any atom is -0.378 e. The molecule has 0 radical (unpaired) electrons. The zero-order valence-corrected chi connectivity index (χ0v) is 18.5. The van der Waals surface area contributed by atoms with Gasteiger partial charge in [0.2, 0.25) is 18.2 Å². The van der Waals surface area contributed by atoms with Gasteiger partial charge in [-0.05, 0) is 30.3 Å². The summed E-state index contributed by atoms with van der Waals surface area (Å²) in [5, 5.41) is 12.7. The molecule has 1 aliphatic heterocycles. The van der Waals surface area contributed by atoms with Gasteiger partial charge >= 0.3 is 0 Å². The van der Waals surface area contributed by atoms with Gasteiger partial charge in [0.15, 0.2) is 0 Å². The van der Waals surface area contributed by atoms with Crippen LogP contribution in [0.15, 0.2) is 65.6 Å². The van der Waals surface area contributed by atoms with E-state index in [4.69, 9.17) is 19.2 Å². The van der Waals surface area contributed by atoms with Crippen LogP contribution in [0.5, 0.6) is 0 Å². The molecule has 34 heavy (non-hydrogen) atoms. The summed E-state index contributed by atoms with van der Waals surface area (Å²) in [4.78, 5) is 16.0. The zero-order valence-electron chi connectivity index (χ0n) is 18.5. The van der Waals surface area contributed by atoms with Gasteiger partial charge in [-0.3, -0.25) is 4.68 Å². The Kier molecular flexibility index (Phi) is 5.11. The van der Waals surface area contributed by atoms with Crippen molar-refractivity contribution in [2.75, 3.05) is 36.5 Å². The molecule has 0 amide bonds. The van der Waals surface area contributed by atoms with Gasteiger partial charge in [-0.2, -0.15) is 15.1 Å². The minimum absolute atomic E-state index is 0.552. The van der Waals surface area contributed by atoms with Gasteiger partial charge in [-0.25, -0.2) is 4.98 Å². The van der Waals surface area contributed by atoms with Crippen molar-refractivity contribution >= 4 is 28.4 Å². The van der Waals surface area contributed by atoms with Crippen molar-refractivity contribution in [1.82, 2.24) is 29.9 Å². The second kappa shape index (κ2) is 8.56. The molecule has 0 unspecified atom stereocenters. The number of morpholine rings is 1. The predicted octanol–water partition coefficient (Wildman–Crippen LogP) is 3.66. The maximum Gasteiger partial charge on any atom is 0.228 e. The summed E-state index contributed by atoms with van der Waals surface area (Å²) in [6.45, 7) is 2.83. The van der Waals surface area contributed by atoms with Crippen LogP contribution in [0.3, 0.4) is 0 Å². The van der Waals surface area contributed by atoms with Crippen LogP contribution in [-0.4, -0.2) is 56.2 Å². The summed E-state index contributed by atoms with van der Waals surface area (Å²) in [6, 6.07) is 16.0. The number of rotatable bonds is 5. The molecule has 10 heteroatoms. The van der Waals surface area contributed by atoms with Crippen LogP contribution in [0.4, 0.5) is 17.5 Å². The Bertz CT molecular complexity index is 1420. The fraction of sp³-hybridized carbons (Fsp3) is 0.208. The molecule has 1 saturated heterocycles. The minimum atomic E-state index is 0.552. The highest BCUT2D eigenvalue weighted by Gasteiger charge is 2.17. The fourth-order valence-corrected chi connectivity index (χ4v) is 4.00. The van der Waals surface area contributed by atoms with E-state index in [0.29, 0.717) is 30.8 Å². The average Bonchev–Trinajstić information content (AvgIpc) is 3.55. The first-order valence-electron chi connectivity index (χ1n) is 11.0. The first-order chi connectivity index (χ1) is 16.7. The molecule has 0 spiro atoms. The molecule has 1 aliphatic rings. The van der Waals surface area contributed by atoms with Crippen LogP contribution in [-0.2, 0) is 11.8 Å². The van der Waals surface area contributed by atoms with Gasteiger partial charge in [0.1, 0.15) is 5.82 Å². The van der Waals surface area contributed by atoms with E-state index in [1.807, 2.05) is 48.3 Å². The number of fused-ring (bicyclic) bond motifs is 1. The van der Waals surface area contributed by atoms with E-state index in [2.05, 4.69) is 43.7 Å². The van der Waals surface area contributed by atoms with E-state index < -0.39 is 0 Å². The number of hydrogen-bond acceptors (Lipinski definition) is 9. The molecule has 10 nitrogen and oxygen atoms in total. The summed E-state index contributed by atoms with van der Waals surface area (Å²) in [6.07, 6.45) is 3.18. The molecule has 0 atom stereocenters. The Morgan fingerprint density at radius 1 is 0.941 bits per heavy atom. The highest BCUT2D eigenvalue weighted by molar-refractivity contribution is 5.84. The normalized spacial score (nSPS) is 14.0. The molecule has 0 bridgehead atoms. The van der Waals surface area contributed by atoms with Gasteiger partial charge in [0, 0.05) is 48.4 Å². The van der Waals surface area contributed by atoms with Crippen molar-refractivity contribution < 1.29 is 9.26 Å². The first-order valence-corrected chi connectivity index (χ1v) is 11.0. The van der Waals surface area contributed by atoms with Crippen LogP contribution in [0.2, 0.25) is 0 Å². The number of nitrogens with zero attached hydrogens (tertiary/aromatic N) is 7. The van der Waals surface area contributed by atoms with Gasteiger partial charge < -0.3 is 19.5 Å². The molecule has 170 valence electrons. The third-order valence-corrected chi connectivity index (χ3v) is 5.83. The Labute approximate surface area is 195 Å². The number of nitrogens with one attached hydrogen (secondary N) is 1. The summed E-state index contributed by atoms with van der Waals surface area (Å²) in [5.74, 6) is 1.94. The van der Waals surface area contributed by atoms with Crippen molar-refractivity contribution in [1.29, 1.82) is 0 Å². The van der Waals surface area contributed by atoms with Gasteiger partial charge in [0.25, 0.3) is 0 Å². The van der Waals surface area contributed by atoms with E-state index in [-0.39, 0.29) is 0 Å². The summed E-state index contributed by atoms with van der Waals surface area (Å²) in [7, 11) is 1.94. The Morgan fingerprint density at radius 3 is 2.56 bits per heavy atom. The lowest BCUT2D eigenvalue weighted by atomic mass is 10.1. The molecule has 1 N–H and O–H groups in total. The summed E-state index contributed by atoms with van der Waals surface area (Å²) >= 11 is 0. The fourth-order valence-electron chi connectivity index (χ4n) is 4.00. The maximum atomic E-state index is 5.52. The van der Waals surface area contributed by atoms with E-state index in [1.165, 1.54) is 6.39 Å². The van der Waals surface area contributed by atoms with Crippen LogP contribution < -0.4 is 10.2 Å². The smallest absolute Gasteiger partial charge is 0.228 e. The molecule has 1 fully saturated rings. The first kappa shape index (κ1) is 20.3. The molecule has 4 heterocycles. The van der Waals surface area contributed by atoms with E-state index in [0.717, 1.165) is 46.5 Å². The van der Waals surface area contributed by atoms with Crippen molar-refractivity contribution in [3.63, 3.8) is 0 Å². The van der Waals surface area contributed by atoms with Crippen LogP contribution in [0.25, 0.3) is 33.5 Å². The molecular weight excluding hydrogens is 432 g/mol. The van der Waals surface area contributed by atoms with Crippen molar-refractivity contribution in [2.24, 2.45) is 7.05 Å². The highest BCUT2D eigenvalue weighted by Crippen LogP contribution is 2.28. The zero-order chi connectivity index (χ0) is 22.9. The predicted molar refractivity (Wildman–Crippen MR) is 128 cm³/mol. The maximum absolute atomic E-state index is 5.52. The Morgan fingerprint density at radius 2 is 1.76 bits per heavy atom. The molecule has 3 aromatic heterocycles. The molecule has 2 aromatic carbocycles. The lowest BCUT2D eigenvalue weighted by molar-refractivity contribution is 0.122. The monoisotopic (exact) mass is 454 g/mol. The van der Waals surface area contributed by atoms with Crippen LogP contribution >= 0.6 is 0 Å². The van der Waals surface area contributed by atoms with Gasteiger partial charge in [-0.1, -0.05) is 17.3 Å². The molecular formula is C24H22N8O2. The topological polar surface area (TPSA) is 107 Å². The molecule has 0 aliphatic carbocycles. The van der Waals surface area contributed by atoms with Crippen LogP contribution in [0, 0.1) is 0 Å². The number of ether oxygens (including phenoxy) is 1. The number of anilines is 3. The Hall–Kier alpha value is -4.31. The van der Waals surface area contributed by atoms with Crippen molar-refractivity contribution in [3.05, 3.63) is 61.1 Å². The van der Waals surface area contributed by atoms with E-state index in [1.54, 1.807) is 0 Å². The quantitative estimate of drug-likeness (QED) is 0.426. The van der Waals surface area contributed by atoms with Crippen LogP contribution in [0.1, 0.15) is 0 Å². The third-order valence-electron chi connectivity index (χ3n) is 5.83. The largest absolute Gasteiger partial charge is 0.378 e. The summed E-state index contributed by atoms with van der Waals surface area (Å²) < 4.78 is 12.2. The number of hydrogen-bond donors (Lipinski definition) is 1. The van der Waals surface area contributed by atoms with Crippen molar-refractivity contribution in [2.45, 2.75) is 0 Å². The third kappa shape index (κ3) is 3.95. The van der Waals surface area contributed by atoms with Gasteiger partial charge in [0.05, 0.1) is 30.6 Å². The SMILES string of the molecule is Cn1ncc2ccc(-c3cc(Nc4ccc(-c5ncon5)cc4)nc(N4CCOCC4)n3)cc21. The Balaban J connectivity index is 1.36. The van der Waals surface area contributed by atoms with Gasteiger partial charge in [-0.15, -0.1) is 0 Å². The molecule has 5 aromatic rings.